The van der Waals surface area contributed by atoms with Crippen LogP contribution in [0.1, 0.15) is 19.8 Å². The highest BCUT2D eigenvalue weighted by atomic mass is 32.2. The molecule has 1 aliphatic rings. The first-order valence-electron chi connectivity index (χ1n) is 7.22. The summed E-state index contributed by atoms with van der Waals surface area (Å²) < 4.78 is 49.7. The molecule has 1 heterocycles. The monoisotopic (exact) mass is 360 g/mol. The average Bonchev–Trinajstić information content (AvgIpc) is 2.99. The van der Waals surface area contributed by atoms with Gasteiger partial charge in [0.15, 0.2) is 9.84 Å². The van der Waals surface area contributed by atoms with Crippen LogP contribution in [0.3, 0.4) is 0 Å². The predicted molar refractivity (Wildman–Crippen MR) is 85.1 cm³/mol. The molecule has 128 valence electrons. The van der Waals surface area contributed by atoms with E-state index in [1.807, 2.05) is 0 Å². The molecule has 0 unspecified atom stereocenters. The lowest BCUT2D eigenvalue weighted by atomic mass is 10.3. The fourth-order valence-electron chi connectivity index (χ4n) is 2.43. The maximum Gasteiger partial charge on any atom is 0.241 e. The lowest BCUT2D eigenvalue weighted by Crippen LogP contribution is -2.45. The van der Waals surface area contributed by atoms with Crippen LogP contribution in [-0.2, 0) is 24.7 Å². The number of sulfone groups is 1. The summed E-state index contributed by atoms with van der Waals surface area (Å²) in [6.07, 6.45) is 2.90. The van der Waals surface area contributed by atoms with E-state index in [4.69, 9.17) is 0 Å². The molecule has 2 rings (SSSR count). The van der Waals surface area contributed by atoms with Crippen LogP contribution in [0.25, 0.3) is 0 Å². The number of likely N-dealkylation sites (tertiary alicyclic amines) is 1. The Balaban J connectivity index is 2.13. The van der Waals surface area contributed by atoms with Crippen LogP contribution in [0.5, 0.6) is 0 Å². The lowest BCUT2D eigenvalue weighted by Gasteiger charge is -2.21. The molecule has 0 aliphatic carbocycles. The van der Waals surface area contributed by atoms with E-state index in [0.29, 0.717) is 13.1 Å². The number of benzene rings is 1. The van der Waals surface area contributed by atoms with Crippen LogP contribution >= 0.6 is 0 Å². The Hall–Kier alpha value is -1.45. The van der Waals surface area contributed by atoms with Crippen LogP contribution < -0.4 is 4.72 Å². The molecular weight excluding hydrogens is 340 g/mol. The van der Waals surface area contributed by atoms with Gasteiger partial charge in [-0.15, -0.1) is 0 Å². The third-order valence-corrected chi connectivity index (χ3v) is 6.37. The highest BCUT2D eigenvalue weighted by Crippen LogP contribution is 2.15. The first-order valence-corrected chi connectivity index (χ1v) is 10.6. The topological polar surface area (TPSA) is 101 Å². The van der Waals surface area contributed by atoms with Gasteiger partial charge in [0.05, 0.1) is 15.8 Å². The van der Waals surface area contributed by atoms with E-state index >= 15 is 0 Å². The third kappa shape index (κ3) is 4.30. The normalized spacial score (nSPS) is 17.2. The first kappa shape index (κ1) is 17.9. The minimum atomic E-state index is -3.89. The molecule has 1 amide bonds. The Morgan fingerprint density at radius 1 is 1.04 bits per heavy atom. The van der Waals surface area contributed by atoms with Crippen molar-refractivity contribution in [1.82, 2.24) is 9.62 Å². The Kier molecular flexibility index (Phi) is 5.12. The summed E-state index contributed by atoms with van der Waals surface area (Å²) in [4.78, 5) is 13.8. The van der Waals surface area contributed by atoms with Gasteiger partial charge in [0.1, 0.15) is 0 Å². The zero-order chi connectivity index (χ0) is 17.3. The van der Waals surface area contributed by atoms with Crippen molar-refractivity contribution in [3.63, 3.8) is 0 Å². The summed E-state index contributed by atoms with van der Waals surface area (Å²) in [7, 11) is -7.28. The summed E-state index contributed by atoms with van der Waals surface area (Å²) in [5.41, 5.74) is 0. The molecule has 1 saturated heterocycles. The highest BCUT2D eigenvalue weighted by Gasteiger charge is 2.27. The van der Waals surface area contributed by atoms with Crippen molar-refractivity contribution in [3.8, 4) is 0 Å². The molecule has 7 nitrogen and oxygen atoms in total. The molecule has 0 saturated carbocycles. The second-order valence-corrected chi connectivity index (χ2v) is 9.35. The van der Waals surface area contributed by atoms with E-state index in [9.17, 15) is 21.6 Å². The molecule has 0 radical (unpaired) electrons. The van der Waals surface area contributed by atoms with Crippen molar-refractivity contribution in [1.29, 1.82) is 0 Å². The van der Waals surface area contributed by atoms with E-state index in [-0.39, 0.29) is 15.7 Å². The van der Waals surface area contributed by atoms with Gasteiger partial charge in [0, 0.05) is 19.3 Å². The number of nitrogens with zero attached hydrogens (tertiary/aromatic N) is 1. The van der Waals surface area contributed by atoms with Crippen molar-refractivity contribution in [2.24, 2.45) is 0 Å². The molecule has 23 heavy (non-hydrogen) atoms. The molecule has 1 aliphatic heterocycles. The molecule has 1 N–H and O–H groups in total. The van der Waals surface area contributed by atoms with Crippen molar-refractivity contribution in [2.45, 2.75) is 35.6 Å². The van der Waals surface area contributed by atoms with Gasteiger partial charge in [-0.05, 0) is 44.0 Å². The quantitative estimate of drug-likeness (QED) is 0.818. The summed E-state index contributed by atoms with van der Waals surface area (Å²) in [6, 6.07) is 4.03. The van der Waals surface area contributed by atoms with Gasteiger partial charge in [-0.25, -0.2) is 16.8 Å². The molecule has 9 heteroatoms. The van der Waals surface area contributed by atoms with Gasteiger partial charge >= 0.3 is 0 Å². The Morgan fingerprint density at radius 2 is 1.52 bits per heavy atom. The van der Waals surface area contributed by atoms with Crippen LogP contribution in [-0.4, -0.2) is 53.0 Å². The number of sulfonamides is 1. The lowest BCUT2D eigenvalue weighted by molar-refractivity contribution is -0.131. The van der Waals surface area contributed by atoms with Crippen molar-refractivity contribution < 1.29 is 21.6 Å². The number of hydrogen-bond donors (Lipinski definition) is 1. The molecule has 0 aromatic heterocycles. The van der Waals surface area contributed by atoms with Crippen LogP contribution in [0.4, 0.5) is 0 Å². The molecule has 1 fully saturated rings. The Labute approximate surface area is 136 Å². The Bertz CT molecular complexity index is 779. The second-order valence-electron chi connectivity index (χ2n) is 5.62. The van der Waals surface area contributed by atoms with E-state index < -0.39 is 25.9 Å². The maximum absolute atomic E-state index is 12.3. The minimum Gasteiger partial charge on any atom is -0.341 e. The summed E-state index contributed by atoms with van der Waals surface area (Å²) in [6.45, 7) is 2.80. The summed E-state index contributed by atoms with van der Waals surface area (Å²) in [5, 5.41) is 0. The SMILES string of the molecule is C[C@H](NS(=O)(=O)c1ccc(S(C)(=O)=O)cc1)C(=O)N1CCCC1. The van der Waals surface area contributed by atoms with Crippen LogP contribution in [0.15, 0.2) is 34.1 Å². The maximum atomic E-state index is 12.3. The number of carbonyl (C=O) groups is 1. The smallest absolute Gasteiger partial charge is 0.241 e. The predicted octanol–water partition coefficient (Wildman–Crippen LogP) is 0.379. The van der Waals surface area contributed by atoms with Gasteiger partial charge in [0.25, 0.3) is 0 Å². The molecule has 1 aromatic rings. The molecule has 0 spiro atoms. The molecule has 0 bridgehead atoms. The summed E-state index contributed by atoms with van der Waals surface area (Å²) in [5.74, 6) is -0.251. The van der Waals surface area contributed by atoms with Gasteiger partial charge in [0.2, 0.25) is 15.9 Å². The standard InChI is InChI=1S/C14H20N2O5S2/c1-11(14(17)16-9-3-4-10-16)15-23(20,21)13-7-5-12(6-8-13)22(2,18)19/h5-8,11,15H,3-4,9-10H2,1-2H3/t11-/m0/s1. The summed E-state index contributed by atoms with van der Waals surface area (Å²) >= 11 is 0. The van der Waals surface area contributed by atoms with Gasteiger partial charge in [-0.3, -0.25) is 4.79 Å². The van der Waals surface area contributed by atoms with Gasteiger partial charge in [-0.1, -0.05) is 0 Å². The van der Waals surface area contributed by atoms with Crippen molar-refractivity contribution in [3.05, 3.63) is 24.3 Å². The van der Waals surface area contributed by atoms with Crippen molar-refractivity contribution in [2.75, 3.05) is 19.3 Å². The van der Waals surface area contributed by atoms with Crippen LogP contribution in [0.2, 0.25) is 0 Å². The fraction of sp³-hybridized carbons (Fsp3) is 0.500. The largest absolute Gasteiger partial charge is 0.341 e. The fourth-order valence-corrected chi connectivity index (χ4v) is 4.26. The number of rotatable bonds is 5. The zero-order valence-corrected chi connectivity index (χ0v) is 14.7. The zero-order valence-electron chi connectivity index (χ0n) is 13.0. The van der Waals surface area contributed by atoms with Gasteiger partial charge in [-0.2, -0.15) is 4.72 Å². The highest BCUT2D eigenvalue weighted by molar-refractivity contribution is 7.90. The first-order chi connectivity index (χ1) is 10.6. The van der Waals surface area contributed by atoms with Gasteiger partial charge < -0.3 is 4.90 Å². The number of hydrogen-bond acceptors (Lipinski definition) is 5. The molecule has 1 atom stereocenters. The minimum absolute atomic E-state index is 0.0395. The van der Waals surface area contributed by atoms with E-state index in [2.05, 4.69) is 4.72 Å². The number of amides is 1. The third-order valence-electron chi connectivity index (χ3n) is 3.68. The second kappa shape index (κ2) is 6.58. The number of carbonyl (C=O) groups excluding carboxylic acids is 1. The van der Waals surface area contributed by atoms with E-state index in [1.165, 1.54) is 31.2 Å². The van der Waals surface area contributed by atoms with Crippen LogP contribution in [0, 0.1) is 0 Å². The average molecular weight is 360 g/mol. The number of nitrogens with one attached hydrogen (secondary N) is 1. The van der Waals surface area contributed by atoms with E-state index in [1.54, 1.807) is 4.90 Å². The Morgan fingerprint density at radius 3 is 2.00 bits per heavy atom. The molecule has 1 aromatic carbocycles. The van der Waals surface area contributed by atoms with E-state index in [0.717, 1.165) is 19.1 Å². The molecular formula is C14H20N2O5S2. The van der Waals surface area contributed by atoms with Crippen molar-refractivity contribution >= 4 is 25.8 Å².